The molecule has 5 nitrogen and oxygen atoms in total. The summed E-state index contributed by atoms with van der Waals surface area (Å²) in [5.74, 6) is 0.540. The molecular formula is C10H18N2O3. The van der Waals surface area contributed by atoms with Gasteiger partial charge < -0.3 is 15.0 Å². The molecule has 1 saturated heterocycles. The van der Waals surface area contributed by atoms with Gasteiger partial charge in [0.2, 0.25) is 5.91 Å². The molecule has 0 spiro atoms. The first-order valence-corrected chi connectivity index (χ1v) is 5.15. The lowest BCUT2D eigenvalue weighted by Gasteiger charge is -2.39. The smallest absolute Gasteiger partial charge is 0.407 e. The molecule has 5 heteroatoms. The van der Waals surface area contributed by atoms with Crippen LogP contribution in [0.5, 0.6) is 0 Å². The van der Waals surface area contributed by atoms with Gasteiger partial charge >= 0.3 is 6.09 Å². The molecule has 0 aromatic rings. The van der Waals surface area contributed by atoms with Gasteiger partial charge in [-0.15, -0.1) is 0 Å². The standard InChI is InChI=1S/C10H18N2O3/c1-7(2)4-9(13)12-5-8(6-12)11-10(14)15-3/h7-8H,4-6H2,1-3H3,(H,11,14). The molecule has 1 N–H and O–H groups in total. The van der Waals surface area contributed by atoms with E-state index >= 15 is 0 Å². The first-order chi connectivity index (χ1) is 7.02. The van der Waals surface area contributed by atoms with Crippen molar-refractivity contribution in [3.8, 4) is 0 Å². The van der Waals surface area contributed by atoms with Crippen LogP contribution in [-0.4, -0.2) is 43.1 Å². The van der Waals surface area contributed by atoms with E-state index < -0.39 is 6.09 Å². The highest BCUT2D eigenvalue weighted by atomic mass is 16.5. The molecule has 0 aromatic carbocycles. The molecule has 0 atom stereocenters. The molecule has 0 aromatic heterocycles. The summed E-state index contributed by atoms with van der Waals surface area (Å²) < 4.78 is 4.46. The Kier molecular flexibility index (Phi) is 3.94. The lowest BCUT2D eigenvalue weighted by molar-refractivity contribution is -0.136. The van der Waals surface area contributed by atoms with Crippen molar-refractivity contribution in [2.24, 2.45) is 5.92 Å². The summed E-state index contributed by atoms with van der Waals surface area (Å²) in [4.78, 5) is 24.1. The molecule has 0 unspecified atom stereocenters. The Morgan fingerprint density at radius 3 is 2.53 bits per heavy atom. The molecule has 1 heterocycles. The molecule has 1 fully saturated rings. The fraction of sp³-hybridized carbons (Fsp3) is 0.800. The lowest BCUT2D eigenvalue weighted by atomic mass is 10.1. The van der Waals surface area contributed by atoms with Gasteiger partial charge in [0.25, 0.3) is 0 Å². The third-order valence-corrected chi connectivity index (χ3v) is 2.32. The van der Waals surface area contributed by atoms with Gasteiger partial charge in [0.15, 0.2) is 0 Å². The van der Waals surface area contributed by atoms with E-state index in [0.717, 1.165) is 0 Å². The average Bonchev–Trinajstić information content (AvgIpc) is 2.08. The van der Waals surface area contributed by atoms with Gasteiger partial charge in [-0.3, -0.25) is 4.79 Å². The zero-order chi connectivity index (χ0) is 11.4. The Morgan fingerprint density at radius 2 is 2.07 bits per heavy atom. The summed E-state index contributed by atoms with van der Waals surface area (Å²) in [6.45, 7) is 5.23. The molecule has 1 rings (SSSR count). The summed E-state index contributed by atoms with van der Waals surface area (Å²) in [6, 6.07) is 0.0496. The molecule has 0 bridgehead atoms. The maximum absolute atomic E-state index is 11.5. The maximum Gasteiger partial charge on any atom is 0.407 e. The van der Waals surface area contributed by atoms with Crippen LogP contribution in [0.1, 0.15) is 20.3 Å². The van der Waals surface area contributed by atoms with Crippen LogP contribution < -0.4 is 5.32 Å². The Balaban J connectivity index is 2.19. The second-order valence-electron chi connectivity index (χ2n) is 4.23. The van der Waals surface area contributed by atoms with Crippen LogP contribution >= 0.6 is 0 Å². The minimum Gasteiger partial charge on any atom is -0.453 e. The summed E-state index contributed by atoms with van der Waals surface area (Å²) in [5.41, 5.74) is 0. The highest BCUT2D eigenvalue weighted by Gasteiger charge is 2.31. The van der Waals surface area contributed by atoms with Crippen molar-refractivity contribution in [2.75, 3.05) is 20.2 Å². The van der Waals surface area contributed by atoms with Crippen molar-refractivity contribution in [3.63, 3.8) is 0 Å². The number of ether oxygens (including phenoxy) is 1. The number of likely N-dealkylation sites (tertiary alicyclic amines) is 1. The van der Waals surface area contributed by atoms with Crippen molar-refractivity contribution in [2.45, 2.75) is 26.3 Å². The van der Waals surface area contributed by atoms with Crippen LogP contribution in [0.4, 0.5) is 4.79 Å². The quantitative estimate of drug-likeness (QED) is 0.748. The van der Waals surface area contributed by atoms with Crippen LogP contribution in [0.2, 0.25) is 0 Å². The van der Waals surface area contributed by atoms with Crippen molar-refractivity contribution in [1.29, 1.82) is 0 Å². The molecule has 0 aliphatic carbocycles. The topological polar surface area (TPSA) is 58.6 Å². The third-order valence-electron chi connectivity index (χ3n) is 2.32. The van der Waals surface area contributed by atoms with Crippen LogP contribution in [0.25, 0.3) is 0 Å². The lowest BCUT2D eigenvalue weighted by Crippen LogP contribution is -2.61. The van der Waals surface area contributed by atoms with Gasteiger partial charge in [-0.25, -0.2) is 4.79 Å². The van der Waals surface area contributed by atoms with Gasteiger partial charge in [0.05, 0.1) is 13.2 Å². The van der Waals surface area contributed by atoms with Gasteiger partial charge in [-0.1, -0.05) is 13.8 Å². The van der Waals surface area contributed by atoms with Gasteiger partial charge in [-0.05, 0) is 5.92 Å². The van der Waals surface area contributed by atoms with Crippen molar-refractivity contribution >= 4 is 12.0 Å². The zero-order valence-electron chi connectivity index (χ0n) is 9.45. The SMILES string of the molecule is COC(=O)NC1CN(C(=O)CC(C)C)C1. The summed E-state index contributed by atoms with van der Waals surface area (Å²) in [5, 5.41) is 2.65. The van der Waals surface area contributed by atoms with E-state index in [-0.39, 0.29) is 11.9 Å². The van der Waals surface area contributed by atoms with Crippen LogP contribution in [0, 0.1) is 5.92 Å². The Morgan fingerprint density at radius 1 is 1.47 bits per heavy atom. The number of methoxy groups -OCH3 is 1. The largest absolute Gasteiger partial charge is 0.453 e. The highest BCUT2D eigenvalue weighted by Crippen LogP contribution is 2.12. The zero-order valence-corrected chi connectivity index (χ0v) is 9.45. The third kappa shape index (κ3) is 3.42. The predicted octanol–water partition coefficient (Wildman–Crippen LogP) is 0.599. The number of nitrogens with one attached hydrogen (secondary N) is 1. The van der Waals surface area contributed by atoms with E-state index in [1.807, 2.05) is 13.8 Å². The molecule has 0 radical (unpaired) electrons. The van der Waals surface area contributed by atoms with Crippen LogP contribution in [0.15, 0.2) is 0 Å². The Labute approximate surface area is 89.8 Å². The monoisotopic (exact) mass is 214 g/mol. The normalized spacial score (nSPS) is 16.1. The van der Waals surface area contributed by atoms with E-state index in [1.165, 1.54) is 7.11 Å². The Bertz CT molecular complexity index is 247. The number of hydrogen-bond donors (Lipinski definition) is 1. The average molecular weight is 214 g/mol. The first kappa shape index (κ1) is 11.8. The fourth-order valence-electron chi connectivity index (χ4n) is 1.48. The molecule has 1 aliphatic heterocycles. The summed E-state index contributed by atoms with van der Waals surface area (Å²) >= 11 is 0. The Hall–Kier alpha value is -1.26. The molecule has 15 heavy (non-hydrogen) atoms. The second kappa shape index (κ2) is 5.00. The van der Waals surface area contributed by atoms with Gasteiger partial charge in [0.1, 0.15) is 0 Å². The second-order valence-corrected chi connectivity index (χ2v) is 4.23. The highest BCUT2D eigenvalue weighted by molar-refractivity contribution is 5.78. The number of hydrogen-bond acceptors (Lipinski definition) is 3. The van der Waals surface area contributed by atoms with E-state index in [0.29, 0.717) is 25.4 Å². The number of carbonyl (C=O) groups is 2. The number of amides is 2. The first-order valence-electron chi connectivity index (χ1n) is 5.15. The fourth-order valence-corrected chi connectivity index (χ4v) is 1.48. The summed E-state index contributed by atoms with van der Waals surface area (Å²) in [6.07, 6.45) is 0.140. The minimum atomic E-state index is -0.434. The number of carbonyl (C=O) groups excluding carboxylic acids is 2. The van der Waals surface area contributed by atoms with Crippen LogP contribution in [0.3, 0.4) is 0 Å². The van der Waals surface area contributed by atoms with Gasteiger partial charge in [0, 0.05) is 19.5 Å². The van der Waals surface area contributed by atoms with Crippen molar-refractivity contribution < 1.29 is 14.3 Å². The molecular weight excluding hydrogens is 196 g/mol. The van der Waals surface area contributed by atoms with E-state index in [2.05, 4.69) is 10.1 Å². The van der Waals surface area contributed by atoms with Crippen molar-refractivity contribution in [1.82, 2.24) is 10.2 Å². The number of alkyl carbamates (subject to hydrolysis) is 1. The number of rotatable bonds is 3. The molecule has 86 valence electrons. The maximum atomic E-state index is 11.5. The van der Waals surface area contributed by atoms with E-state index in [9.17, 15) is 9.59 Å². The number of nitrogens with zero attached hydrogens (tertiary/aromatic N) is 1. The van der Waals surface area contributed by atoms with Crippen LogP contribution in [-0.2, 0) is 9.53 Å². The van der Waals surface area contributed by atoms with Gasteiger partial charge in [-0.2, -0.15) is 0 Å². The molecule has 1 aliphatic rings. The molecule has 2 amide bonds. The minimum absolute atomic E-state index is 0.0496. The molecule has 0 saturated carbocycles. The van der Waals surface area contributed by atoms with Crippen molar-refractivity contribution in [3.05, 3.63) is 0 Å². The predicted molar refractivity (Wildman–Crippen MR) is 55.4 cm³/mol. The summed E-state index contributed by atoms with van der Waals surface area (Å²) in [7, 11) is 1.33. The van der Waals surface area contributed by atoms with E-state index in [1.54, 1.807) is 4.90 Å². The van der Waals surface area contributed by atoms with E-state index in [4.69, 9.17) is 0 Å².